The van der Waals surface area contributed by atoms with Gasteiger partial charge in [0.25, 0.3) is 6.29 Å². The molecule has 134 valence electrons. The first-order chi connectivity index (χ1) is 10.2. The Morgan fingerprint density at radius 1 is 1.26 bits per heavy atom. The quantitative estimate of drug-likeness (QED) is 0.258. The monoisotopic (exact) mass is 335 g/mol. The summed E-state index contributed by atoms with van der Waals surface area (Å²) in [6, 6.07) is 0. The van der Waals surface area contributed by atoms with Crippen molar-refractivity contribution in [3.8, 4) is 0 Å². The van der Waals surface area contributed by atoms with Gasteiger partial charge in [-0.1, -0.05) is 0 Å². The molecule has 0 aliphatic rings. The Morgan fingerprint density at radius 2 is 1.78 bits per heavy atom. The second-order valence-electron chi connectivity index (χ2n) is 6.71. The number of hydrazine groups is 1. The SMILES string of the molecule is CC(ON=[N+]([O-])N(CC(=O)O)C(C)(C)C)OC(=O)OC(C)(C)C. The molecule has 0 bridgehead atoms. The average molecular weight is 335 g/mol. The highest BCUT2D eigenvalue weighted by Crippen LogP contribution is 2.14. The van der Waals surface area contributed by atoms with Crippen LogP contribution in [-0.4, -0.2) is 51.2 Å². The van der Waals surface area contributed by atoms with Crippen LogP contribution in [0.3, 0.4) is 0 Å². The summed E-state index contributed by atoms with van der Waals surface area (Å²) in [7, 11) is 0. The highest BCUT2D eigenvalue weighted by atomic mass is 16.8. The highest BCUT2D eigenvalue weighted by molar-refractivity contribution is 5.68. The molecular formula is C13H25N3O7. The fourth-order valence-corrected chi connectivity index (χ4v) is 1.26. The predicted octanol–water partition coefficient (Wildman–Crippen LogP) is 2.28. The lowest BCUT2D eigenvalue weighted by molar-refractivity contribution is -0.725. The lowest BCUT2D eigenvalue weighted by Gasteiger charge is -2.28. The van der Waals surface area contributed by atoms with Crippen LogP contribution in [0.4, 0.5) is 4.79 Å². The summed E-state index contributed by atoms with van der Waals surface area (Å²) in [4.78, 5) is 26.9. The third-order valence-corrected chi connectivity index (χ3v) is 2.18. The molecule has 0 radical (unpaired) electrons. The molecule has 0 aromatic heterocycles. The Morgan fingerprint density at radius 3 is 2.17 bits per heavy atom. The van der Waals surface area contributed by atoms with E-state index in [0.717, 1.165) is 5.01 Å². The number of carboxylic acids is 1. The number of aliphatic carboxylic acids is 1. The van der Waals surface area contributed by atoms with Crippen LogP contribution in [0.1, 0.15) is 48.5 Å². The third-order valence-electron chi connectivity index (χ3n) is 2.18. The van der Waals surface area contributed by atoms with Crippen LogP contribution < -0.4 is 0 Å². The fourth-order valence-electron chi connectivity index (χ4n) is 1.26. The van der Waals surface area contributed by atoms with Gasteiger partial charge < -0.3 is 19.8 Å². The van der Waals surface area contributed by atoms with Crippen molar-refractivity contribution in [3.05, 3.63) is 5.21 Å². The number of carboxylic acid groups (broad SMARTS) is 1. The minimum atomic E-state index is -1.20. The molecule has 1 N–H and O–H groups in total. The van der Waals surface area contributed by atoms with Gasteiger partial charge in [-0.15, -0.1) is 5.01 Å². The minimum Gasteiger partial charge on any atom is -0.569 e. The van der Waals surface area contributed by atoms with Gasteiger partial charge in [-0.25, -0.2) is 4.79 Å². The lowest BCUT2D eigenvalue weighted by atomic mass is 10.1. The van der Waals surface area contributed by atoms with Gasteiger partial charge in [-0.05, 0) is 41.5 Å². The molecule has 1 unspecified atom stereocenters. The molecule has 0 fully saturated rings. The van der Waals surface area contributed by atoms with Crippen LogP contribution in [0.5, 0.6) is 0 Å². The van der Waals surface area contributed by atoms with Gasteiger partial charge in [0.1, 0.15) is 5.60 Å². The number of hydrogen-bond donors (Lipinski definition) is 1. The van der Waals surface area contributed by atoms with Crippen molar-refractivity contribution in [1.82, 2.24) is 5.01 Å². The summed E-state index contributed by atoms with van der Waals surface area (Å²) in [5, 5.41) is 24.8. The first kappa shape index (κ1) is 20.7. The molecule has 0 aromatic carbocycles. The van der Waals surface area contributed by atoms with E-state index in [1.165, 1.54) is 6.92 Å². The highest BCUT2D eigenvalue weighted by Gasteiger charge is 2.31. The average Bonchev–Trinajstić information content (AvgIpc) is 2.28. The molecule has 0 amide bonds. The van der Waals surface area contributed by atoms with Crippen LogP contribution >= 0.6 is 0 Å². The second kappa shape index (κ2) is 7.84. The van der Waals surface area contributed by atoms with E-state index in [-0.39, 0.29) is 4.97 Å². The second-order valence-corrected chi connectivity index (χ2v) is 6.71. The maximum absolute atomic E-state index is 11.9. The van der Waals surface area contributed by atoms with Crippen molar-refractivity contribution >= 4 is 12.1 Å². The Kier molecular flexibility index (Phi) is 7.07. The van der Waals surface area contributed by atoms with Gasteiger partial charge in [0.05, 0.1) is 10.5 Å². The van der Waals surface area contributed by atoms with Crippen molar-refractivity contribution in [3.63, 3.8) is 0 Å². The molecule has 23 heavy (non-hydrogen) atoms. The number of carbonyl (C=O) groups is 2. The van der Waals surface area contributed by atoms with E-state index in [0.29, 0.717) is 0 Å². The maximum atomic E-state index is 11.9. The first-order valence-electron chi connectivity index (χ1n) is 6.95. The Bertz CT molecular complexity index is 451. The zero-order valence-electron chi connectivity index (χ0n) is 14.5. The van der Waals surface area contributed by atoms with Crippen molar-refractivity contribution in [2.45, 2.75) is 65.9 Å². The topological polar surface area (TPSA) is 124 Å². The van der Waals surface area contributed by atoms with E-state index >= 15 is 0 Å². The zero-order valence-corrected chi connectivity index (χ0v) is 14.5. The Labute approximate surface area is 135 Å². The summed E-state index contributed by atoms with van der Waals surface area (Å²) in [6.45, 7) is 10.7. The van der Waals surface area contributed by atoms with E-state index < -0.39 is 36.1 Å². The number of ether oxygens (including phenoxy) is 2. The van der Waals surface area contributed by atoms with Gasteiger partial charge in [0.15, 0.2) is 6.54 Å². The van der Waals surface area contributed by atoms with E-state index in [1.54, 1.807) is 41.5 Å². The molecule has 0 spiro atoms. The van der Waals surface area contributed by atoms with Crippen LogP contribution in [-0.2, 0) is 19.1 Å². The smallest absolute Gasteiger partial charge is 0.511 e. The molecular weight excluding hydrogens is 310 g/mol. The summed E-state index contributed by atoms with van der Waals surface area (Å²) >= 11 is 0. The van der Waals surface area contributed by atoms with Gasteiger partial charge in [0.2, 0.25) is 5.28 Å². The van der Waals surface area contributed by atoms with Gasteiger partial charge >= 0.3 is 12.1 Å². The van der Waals surface area contributed by atoms with E-state index in [4.69, 9.17) is 19.4 Å². The largest absolute Gasteiger partial charge is 0.569 e. The van der Waals surface area contributed by atoms with Crippen molar-refractivity contribution in [2.75, 3.05) is 6.54 Å². The maximum Gasteiger partial charge on any atom is 0.511 e. The van der Waals surface area contributed by atoms with Gasteiger partial charge in [0, 0.05) is 6.92 Å². The molecule has 0 aliphatic carbocycles. The molecule has 0 heterocycles. The van der Waals surface area contributed by atoms with E-state index in [9.17, 15) is 14.8 Å². The zero-order chi connectivity index (χ0) is 18.4. The van der Waals surface area contributed by atoms with Crippen LogP contribution in [0.15, 0.2) is 5.28 Å². The van der Waals surface area contributed by atoms with Crippen molar-refractivity contribution < 1.29 is 34.0 Å². The Hall–Kier alpha value is -2.26. The first-order valence-corrected chi connectivity index (χ1v) is 6.95. The van der Waals surface area contributed by atoms with E-state index in [2.05, 4.69) is 5.28 Å². The normalized spacial score (nSPS) is 14.0. The number of nitrogens with zero attached hydrogens (tertiary/aromatic N) is 3. The van der Waals surface area contributed by atoms with Crippen molar-refractivity contribution in [2.24, 2.45) is 5.28 Å². The Balaban J connectivity index is 4.72. The van der Waals surface area contributed by atoms with Crippen molar-refractivity contribution in [1.29, 1.82) is 0 Å². The minimum absolute atomic E-state index is 0.00305. The molecule has 0 aromatic rings. The molecule has 10 heteroatoms. The molecule has 0 aliphatic heterocycles. The summed E-state index contributed by atoms with van der Waals surface area (Å²) in [6.07, 6.45) is -2.16. The van der Waals surface area contributed by atoms with Crippen LogP contribution in [0.2, 0.25) is 0 Å². The molecule has 1 atom stereocenters. The third kappa shape index (κ3) is 9.38. The molecule has 0 saturated carbocycles. The fraction of sp³-hybridized carbons (Fsp3) is 0.846. The van der Waals surface area contributed by atoms with Crippen LogP contribution in [0, 0.1) is 5.21 Å². The number of hydrogen-bond acceptors (Lipinski definition) is 7. The standard InChI is InChI=1S/C13H25N3O7/c1-9(21-11(19)22-13(5,6)7)23-14-16(20)15(8-10(17)18)12(2,3)4/h9H,8H2,1-7H3,(H,17,18). The van der Waals surface area contributed by atoms with E-state index in [1.807, 2.05) is 0 Å². The lowest BCUT2D eigenvalue weighted by Crippen LogP contribution is -2.48. The summed E-state index contributed by atoms with van der Waals surface area (Å²) < 4.78 is 9.65. The predicted molar refractivity (Wildman–Crippen MR) is 78.0 cm³/mol. The summed E-state index contributed by atoms with van der Waals surface area (Å²) in [5.41, 5.74) is -1.54. The van der Waals surface area contributed by atoms with Gasteiger partial charge in [-0.2, -0.15) is 0 Å². The summed E-state index contributed by atoms with van der Waals surface area (Å²) in [5.74, 6) is -1.20. The molecule has 10 nitrogen and oxygen atoms in total. The van der Waals surface area contributed by atoms with Gasteiger partial charge in [-0.3, -0.25) is 9.63 Å². The number of carbonyl (C=O) groups excluding carboxylic acids is 1. The molecule has 0 rings (SSSR count). The molecule has 0 saturated heterocycles. The number of rotatable bonds is 6. The van der Waals surface area contributed by atoms with Crippen LogP contribution in [0.25, 0.3) is 0 Å².